The fourth-order valence-electron chi connectivity index (χ4n) is 3.43. The lowest BCUT2D eigenvalue weighted by atomic mass is 10.1. The average molecular weight is 455 g/mol. The van der Waals surface area contributed by atoms with Crippen molar-refractivity contribution in [2.24, 2.45) is 0 Å². The molecule has 3 N–H and O–H groups in total. The second kappa shape index (κ2) is 8.08. The van der Waals surface area contributed by atoms with Crippen LogP contribution in [-0.2, 0) is 16.0 Å². The summed E-state index contributed by atoms with van der Waals surface area (Å²) in [6, 6.07) is 13.7. The van der Waals surface area contributed by atoms with Crippen LogP contribution >= 0.6 is 15.9 Å². The van der Waals surface area contributed by atoms with Gasteiger partial charge in [-0.15, -0.1) is 0 Å². The van der Waals surface area contributed by atoms with Gasteiger partial charge in [-0.05, 0) is 42.3 Å². The van der Waals surface area contributed by atoms with Gasteiger partial charge in [-0.3, -0.25) is 14.5 Å². The van der Waals surface area contributed by atoms with Gasteiger partial charge < -0.3 is 15.6 Å². The molecule has 29 heavy (non-hydrogen) atoms. The summed E-state index contributed by atoms with van der Waals surface area (Å²) in [7, 11) is 0. The number of imide groups is 1. The number of urea groups is 1. The first-order valence-electron chi connectivity index (χ1n) is 9.23. The van der Waals surface area contributed by atoms with E-state index in [1.165, 1.54) is 4.90 Å². The Morgan fingerprint density at radius 1 is 1.10 bits per heavy atom. The van der Waals surface area contributed by atoms with E-state index in [1.54, 1.807) is 12.1 Å². The molecule has 1 aliphatic rings. The molecule has 0 saturated carbocycles. The monoisotopic (exact) mass is 454 g/mol. The normalized spacial score (nSPS) is 16.3. The fourth-order valence-corrected chi connectivity index (χ4v) is 3.69. The van der Waals surface area contributed by atoms with E-state index < -0.39 is 12.1 Å². The van der Waals surface area contributed by atoms with Gasteiger partial charge in [0.2, 0.25) is 5.91 Å². The Balaban J connectivity index is 1.35. The summed E-state index contributed by atoms with van der Waals surface area (Å²) >= 11 is 3.33. The van der Waals surface area contributed by atoms with Gasteiger partial charge in [0.1, 0.15) is 6.04 Å². The van der Waals surface area contributed by atoms with Gasteiger partial charge in [-0.25, -0.2) is 4.79 Å². The van der Waals surface area contributed by atoms with Gasteiger partial charge >= 0.3 is 6.03 Å². The third-order valence-electron chi connectivity index (χ3n) is 4.90. The standard InChI is InChI=1S/C21H19BrN4O3/c22-14-5-7-15(8-6-14)24-19(27)11-18-20(28)26(21(29)25-18)10-9-13-12-23-17-4-2-1-3-16(13)17/h1-8,12,18,23H,9-11H2,(H,24,27)(H,25,29)/t18-/m1/s1. The quantitative estimate of drug-likeness (QED) is 0.498. The number of fused-ring (bicyclic) bond motifs is 1. The maximum Gasteiger partial charge on any atom is 0.324 e. The van der Waals surface area contributed by atoms with E-state index >= 15 is 0 Å². The first-order valence-corrected chi connectivity index (χ1v) is 10.0. The predicted octanol–water partition coefficient (Wildman–Crippen LogP) is 3.42. The van der Waals surface area contributed by atoms with Crippen LogP contribution < -0.4 is 10.6 Å². The van der Waals surface area contributed by atoms with Crippen molar-refractivity contribution in [1.82, 2.24) is 15.2 Å². The molecule has 4 amide bonds. The van der Waals surface area contributed by atoms with Crippen LogP contribution in [0.4, 0.5) is 10.5 Å². The number of rotatable bonds is 6. The Morgan fingerprint density at radius 3 is 2.66 bits per heavy atom. The molecule has 148 valence electrons. The molecular weight excluding hydrogens is 436 g/mol. The summed E-state index contributed by atoms with van der Waals surface area (Å²) in [5.41, 5.74) is 2.69. The highest BCUT2D eigenvalue weighted by atomic mass is 79.9. The summed E-state index contributed by atoms with van der Waals surface area (Å²) in [6.45, 7) is 0.261. The number of carbonyl (C=O) groups is 3. The van der Waals surface area contributed by atoms with Crippen molar-refractivity contribution in [1.29, 1.82) is 0 Å². The lowest BCUT2D eigenvalue weighted by Crippen LogP contribution is -2.34. The first kappa shape index (κ1) is 19.2. The van der Waals surface area contributed by atoms with Gasteiger partial charge in [0.05, 0.1) is 6.42 Å². The molecular formula is C21H19BrN4O3. The Bertz CT molecular complexity index is 1080. The number of anilines is 1. The van der Waals surface area contributed by atoms with Crippen LogP contribution in [0, 0.1) is 0 Å². The minimum Gasteiger partial charge on any atom is -0.361 e. The molecule has 0 spiro atoms. The van der Waals surface area contributed by atoms with Crippen molar-refractivity contribution in [2.45, 2.75) is 18.9 Å². The molecule has 1 saturated heterocycles. The summed E-state index contributed by atoms with van der Waals surface area (Å²) in [6.07, 6.45) is 2.33. The molecule has 3 aromatic rings. The lowest BCUT2D eigenvalue weighted by molar-refractivity contribution is -0.129. The van der Waals surface area contributed by atoms with E-state index in [1.807, 2.05) is 42.6 Å². The van der Waals surface area contributed by atoms with Crippen LogP contribution in [0.5, 0.6) is 0 Å². The van der Waals surface area contributed by atoms with Crippen LogP contribution in [0.25, 0.3) is 10.9 Å². The molecule has 2 heterocycles. The summed E-state index contributed by atoms with van der Waals surface area (Å²) in [5, 5.41) is 6.42. The van der Waals surface area contributed by atoms with Gasteiger partial charge in [0, 0.05) is 33.8 Å². The average Bonchev–Trinajstić information content (AvgIpc) is 3.23. The highest BCUT2D eigenvalue weighted by Gasteiger charge is 2.38. The van der Waals surface area contributed by atoms with Crippen molar-refractivity contribution in [2.75, 3.05) is 11.9 Å². The molecule has 1 aromatic heterocycles. The lowest BCUT2D eigenvalue weighted by Gasteiger charge is -2.13. The van der Waals surface area contributed by atoms with Crippen molar-refractivity contribution < 1.29 is 14.4 Å². The SMILES string of the molecule is O=C(C[C@H]1NC(=O)N(CCc2c[nH]c3ccccc23)C1=O)Nc1ccc(Br)cc1. The van der Waals surface area contributed by atoms with E-state index in [9.17, 15) is 14.4 Å². The molecule has 4 rings (SSSR count). The molecule has 0 radical (unpaired) electrons. The van der Waals surface area contributed by atoms with Gasteiger partial charge in [-0.2, -0.15) is 0 Å². The number of halogens is 1. The molecule has 1 fully saturated rings. The predicted molar refractivity (Wildman–Crippen MR) is 113 cm³/mol. The Kier molecular flexibility index (Phi) is 5.35. The smallest absolute Gasteiger partial charge is 0.324 e. The maximum atomic E-state index is 12.6. The number of aromatic amines is 1. The highest BCUT2D eigenvalue weighted by Crippen LogP contribution is 2.20. The second-order valence-corrected chi connectivity index (χ2v) is 7.78. The van der Waals surface area contributed by atoms with Crippen molar-refractivity contribution in [3.63, 3.8) is 0 Å². The van der Waals surface area contributed by atoms with Crippen molar-refractivity contribution in [3.05, 3.63) is 64.8 Å². The van der Waals surface area contributed by atoms with Crippen molar-refractivity contribution >= 4 is 50.4 Å². The number of hydrogen-bond donors (Lipinski definition) is 3. The molecule has 0 unspecified atom stereocenters. The molecule has 1 atom stereocenters. The summed E-state index contributed by atoms with van der Waals surface area (Å²) < 4.78 is 0.902. The Hall–Kier alpha value is -3.13. The van der Waals surface area contributed by atoms with E-state index in [-0.39, 0.29) is 24.8 Å². The first-order chi connectivity index (χ1) is 14.0. The van der Waals surface area contributed by atoms with Gasteiger partial charge in [0.25, 0.3) is 5.91 Å². The second-order valence-electron chi connectivity index (χ2n) is 6.86. The minimum absolute atomic E-state index is 0.107. The largest absolute Gasteiger partial charge is 0.361 e. The van der Waals surface area contributed by atoms with Crippen LogP contribution in [0.3, 0.4) is 0 Å². The minimum atomic E-state index is -0.846. The molecule has 0 aliphatic carbocycles. The van der Waals surface area contributed by atoms with E-state index in [0.717, 1.165) is 20.9 Å². The summed E-state index contributed by atoms with van der Waals surface area (Å²) in [4.78, 5) is 41.5. The zero-order valence-corrected chi connectivity index (χ0v) is 17.0. The molecule has 8 heteroatoms. The fraction of sp³-hybridized carbons (Fsp3) is 0.190. The van der Waals surface area contributed by atoms with Crippen LogP contribution in [0.2, 0.25) is 0 Å². The van der Waals surface area contributed by atoms with Crippen LogP contribution in [0.1, 0.15) is 12.0 Å². The van der Waals surface area contributed by atoms with Crippen LogP contribution in [0.15, 0.2) is 59.2 Å². The number of H-pyrrole nitrogens is 1. The number of carbonyl (C=O) groups excluding carboxylic acids is 3. The molecule has 0 bridgehead atoms. The zero-order chi connectivity index (χ0) is 20.4. The van der Waals surface area contributed by atoms with Crippen molar-refractivity contribution in [3.8, 4) is 0 Å². The topological polar surface area (TPSA) is 94.3 Å². The number of nitrogens with zero attached hydrogens (tertiary/aromatic N) is 1. The highest BCUT2D eigenvalue weighted by molar-refractivity contribution is 9.10. The number of benzene rings is 2. The van der Waals surface area contributed by atoms with Crippen LogP contribution in [-0.4, -0.2) is 40.3 Å². The zero-order valence-electron chi connectivity index (χ0n) is 15.4. The Labute approximate surface area is 175 Å². The van der Waals surface area contributed by atoms with E-state index in [2.05, 4.69) is 31.5 Å². The number of hydrogen-bond acceptors (Lipinski definition) is 3. The van der Waals surface area contributed by atoms with E-state index in [4.69, 9.17) is 0 Å². The third-order valence-corrected chi connectivity index (χ3v) is 5.43. The molecule has 2 aromatic carbocycles. The molecule has 1 aliphatic heterocycles. The maximum absolute atomic E-state index is 12.6. The Morgan fingerprint density at radius 2 is 1.86 bits per heavy atom. The third kappa shape index (κ3) is 4.17. The number of aromatic nitrogens is 1. The number of para-hydroxylation sites is 1. The summed E-state index contributed by atoms with van der Waals surface area (Å²) in [5.74, 6) is -0.703. The molecule has 7 nitrogen and oxygen atoms in total. The van der Waals surface area contributed by atoms with Gasteiger partial charge in [-0.1, -0.05) is 34.1 Å². The van der Waals surface area contributed by atoms with E-state index in [0.29, 0.717) is 12.1 Å². The van der Waals surface area contributed by atoms with Gasteiger partial charge in [0.15, 0.2) is 0 Å². The number of nitrogens with one attached hydrogen (secondary N) is 3. The number of amides is 4.